The number of nitrogens with zero attached hydrogens (tertiary/aromatic N) is 6. The van der Waals surface area contributed by atoms with Gasteiger partial charge < -0.3 is 20.5 Å². The van der Waals surface area contributed by atoms with E-state index in [1.807, 2.05) is 30.3 Å². The van der Waals surface area contributed by atoms with Gasteiger partial charge in [0.15, 0.2) is 5.13 Å². The van der Waals surface area contributed by atoms with E-state index in [0.717, 1.165) is 41.9 Å². The Morgan fingerprint density at radius 3 is 2.67 bits per heavy atom. The molecule has 14 heteroatoms. The molecule has 5 N–H and O–H groups in total. The van der Waals surface area contributed by atoms with Crippen molar-refractivity contribution in [2.24, 2.45) is 0 Å². The minimum atomic E-state index is -1.02. The summed E-state index contributed by atoms with van der Waals surface area (Å²) < 4.78 is 5.70. The van der Waals surface area contributed by atoms with Crippen LogP contribution < -0.4 is 16.0 Å². The quantitative estimate of drug-likeness (QED) is 0.212. The van der Waals surface area contributed by atoms with Crippen LogP contribution in [0.15, 0.2) is 30.3 Å². The Bertz CT molecular complexity index is 1320. The number of aromatic amines is 1. The second kappa shape index (κ2) is 10.6. The van der Waals surface area contributed by atoms with Gasteiger partial charge in [0.25, 0.3) is 0 Å². The summed E-state index contributed by atoms with van der Waals surface area (Å²) in [6.45, 7) is 3.58. The molecule has 0 amide bonds. The summed E-state index contributed by atoms with van der Waals surface area (Å²) in [5.41, 5.74) is 2.33. The lowest BCUT2D eigenvalue weighted by Crippen LogP contribution is -2.19. The van der Waals surface area contributed by atoms with Crippen molar-refractivity contribution in [1.82, 2.24) is 35.6 Å². The van der Waals surface area contributed by atoms with Crippen LogP contribution in [0.1, 0.15) is 33.8 Å². The molecule has 1 aliphatic heterocycles. The average molecular weight is 509 g/mol. The maximum atomic E-state index is 11.4. The average Bonchev–Trinajstić information content (AvgIpc) is 3.64. The molecule has 1 aliphatic rings. The second-order valence-electron chi connectivity index (χ2n) is 8.13. The van der Waals surface area contributed by atoms with E-state index in [1.54, 1.807) is 6.92 Å². The molecule has 0 saturated carbocycles. The van der Waals surface area contributed by atoms with E-state index in [2.05, 4.69) is 51.5 Å². The van der Waals surface area contributed by atoms with Gasteiger partial charge in [-0.25, -0.2) is 9.78 Å². The number of aromatic carboxylic acids is 1. The van der Waals surface area contributed by atoms with Crippen molar-refractivity contribution < 1.29 is 14.6 Å². The zero-order valence-corrected chi connectivity index (χ0v) is 20.2. The number of rotatable bonds is 10. The zero-order valence-electron chi connectivity index (χ0n) is 19.4. The van der Waals surface area contributed by atoms with E-state index < -0.39 is 5.97 Å². The van der Waals surface area contributed by atoms with Crippen molar-refractivity contribution in [3.05, 3.63) is 46.5 Å². The molecule has 1 aromatic carbocycles. The monoisotopic (exact) mass is 508 g/mol. The molecule has 0 bridgehead atoms. The number of anilines is 4. The van der Waals surface area contributed by atoms with Gasteiger partial charge in [-0.2, -0.15) is 15.2 Å². The van der Waals surface area contributed by atoms with Crippen LogP contribution in [0.2, 0.25) is 0 Å². The van der Waals surface area contributed by atoms with Crippen molar-refractivity contribution in [3.63, 3.8) is 0 Å². The molecule has 1 atom stereocenters. The number of aromatic nitrogens is 7. The molecule has 0 radical (unpaired) electrons. The number of H-pyrrole nitrogens is 1. The van der Waals surface area contributed by atoms with Gasteiger partial charge in [-0.3, -0.25) is 5.32 Å². The van der Waals surface area contributed by atoms with Crippen molar-refractivity contribution in [1.29, 1.82) is 0 Å². The van der Waals surface area contributed by atoms with Gasteiger partial charge in [0.05, 0.1) is 11.8 Å². The highest BCUT2D eigenvalue weighted by Gasteiger charge is 2.17. The third kappa shape index (κ3) is 5.72. The number of hydrogen-bond donors (Lipinski definition) is 5. The van der Waals surface area contributed by atoms with E-state index >= 15 is 0 Å². The van der Waals surface area contributed by atoms with Gasteiger partial charge in [0.1, 0.15) is 16.5 Å². The third-order valence-corrected chi connectivity index (χ3v) is 6.56. The first-order valence-corrected chi connectivity index (χ1v) is 12.1. The molecular formula is C22H24N10O3S. The number of carboxylic acid groups (broad SMARTS) is 1. The standard InChI is InChI=1S/C22H24N10O3S/c1-12-18(20(33)34)36-22(25-12)28-21-26-16(9-17(27-21)24-11-15-3-2-8-35-15)23-10-13-4-6-14(7-5-13)19-29-31-32-30-19/h4-7,9,15H,2-3,8,10-11H2,1H3,(H,33,34)(H,29,30,31,32)(H3,23,24,25,26,27,28). The molecule has 4 heterocycles. The van der Waals surface area contributed by atoms with Gasteiger partial charge >= 0.3 is 5.97 Å². The number of benzene rings is 1. The van der Waals surface area contributed by atoms with Crippen LogP contribution in [-0.4, -0.2) is 65.9 Å². The topological polar surface area (TPSA) is 176 Å². The minimum Gasteiger partial charge on any atom is -0.477 e. The molecule has 1 fully saturated rings. The van der Waals surface area contributed by atoms with Gasteiger partial charge in [0, 0.05) is 31.3 Å². The fourth-order valence-corrected chi connectivity index (χ4v) is 4.50. The fourth-order valence-electron chi connectivity index (χ4n) is 3.70. The molecule has 5 rings (SSSR count). The Kier molecular flexibility index (Phi) is 6.95. The van der Waals surface area contributed by atoms with Crippen LogP contribution in [0.25, 0.3) is 11.4 Å². The maximum absolute atomic E-state index is 11.4. The minimum absolute atomic E-state index is 0.144. The molecule has 1 saturated heterocycles. The number of carboxylic acids is 1. The normalized spacial score (nSPS) is 15.1. The highest BCUT2D eigenvalue weighted by atomic mass is 32.1. The van der Waals surface area contributed by atoms with E-state index in [9.17, 15) is 9.90 Å². The maximum Gasteiger partial charge on any atom is 0.347 e. The highest BCUT2D eigenvalue weighted by Crippen LogP contribution is 2.26. The predicted octanol–water partition coefficient (Wildman–Crippen LogP) is 3.07. The Hall–Kier alpha value is -4.17. The molecule has 36 heavy (non-hydrogen) atoms. The summed E-state index contributed by atoms with van der Waals surface area (Å²) >= 11 is 1.04. The van der Waals surface area contributed by atoms with Crippen LogP contribution in [0.5, 0.6) is 0 Å². The molecule has 0 aliphatic carbocycles. The molecule has 0 spiro atoms. The number of nitrogens with one attached hydrogen (secondary N) is 4. The van der Waals surface area contributed by atoms with Crippen LogP contribution in [0, 0.1) is 6.92 Å². The number of hydrogen-bond acceptors (Lipinski definition) is 12. The number of ether oxygens (including phenoxy) is 1. The van der Waals surface area contributed by atoms with E-state index in [0.29, 0.717) is 47.3 Å². The van der Waals surface area contributed by atoms with E-state index in [1.165, 1.54) is 0 Å². The Morgan fingerprint density at radius 1 is 1.19 bits per heavy atom. The molecule has 1 unspecified atom stereocenters. The smallest absolute Gasteiger partial charge is 0.347 e. The lowest BCUT2D eigenvalue weighted by Gasteiger charge is -2.14. The molecule has 3 aromatic heterocycles. The van der Waals surface area contributed by atoms with E-state index in [-0.39, 0.29) is 11.0 Å². The summed E-state index contributed by atoms with van der Waals surface area (Å²) in [4.78, 5) is 24.9. The largest absolute Gasteiger partial charge is 0.477 e. The lowest BCUT2D eigenvalue weighted by atomic mass is 10.1. The van der Waals surface area contributed by atoms with Gasteiger partial charge in [-0.15, -0.1) is 10.2 Å². The van der Waals surface area contributed by atoms with Crippen LogP contribution in [0.4, 0.5) is 22.7 Å². The first-order chi connectivity index (χ1) is 17.5. The Labute approximate surface area is 209 Å². The van der Waals surface area contributed by atoms with Crippen molar-refractivity contribution in [3.8, 4) is 11.4 Å². The number of aryl methyl sites for hydroxylation is 1. The van der Waals surface area contributed by atoms with Crippen LogP contribution in [0.3, 0.4) is 0 Å². The Balaban J connectivity index is 1.31. The van der Waals surface area contributed by atoms with E-state index in [4.69, 9.17) is 4.74 Å². The van der Waals surface area contributed by atoms with Crippen molar-refractivity contribution in [2.75, 3.05) is 29.1 Å². The molecular weight excluding hydrogens is 484 g/mol. The Morgan fingerprint density at radius 2 is 2.00 bits per heavy atom. The third-order valence-electron chi connectivity index (χ3n) is 5.50. The first-order valence-electron chi connectivity index (χ1n) is 11.3. The van der Waals surface area contributed by atoms with Crippen LogP contribution >= 0.6 is 11.3 Å². The van der Waals surface area contributed by atoms with Crippen LogP contribution in [-0.2, 0) is 11.3 Å². The van der Waals surface area contributed by atoms with Crippen molar-refractivity contribution >= 4 is 40.0 Å². The van der Waals surface area contributed by atoms with Crippen molar-refractivity contribution in [2.45, 2.75) is 32.4 Å². The fraction of sp³-hybridized carbons (Fsp3) is 0.318. The molecule has 4 aromatic rings. The summed E-state index contributed by atoms with van der Waals surface area (Å²) in [5.74, 6) is 1.03. The number of carbonyl (C=O) groups is 1. The second-order valence-corrected chi connectivity index (χ2v) is 9.13. The van der Waals surface area contributed by atoms with Gasteiger partial charge in [-0.1, -0.05) is 35.6 Å². The highest BCUT2D eigenvalue weighted by molar-refractivity contribution is 7.17. The number of thiazole rings is 1. The zero-order chi connectivity index (χ0) is 24.9. The summed E-state index contributed by atoms with van der Waals surface area (Å²) in [6.07, 6.45) is 2.20. The summed E-state index contributed by atoms with van der Waals surface area (Å²) in [7, 11) is 0. The van der Waals surface area contributed by atoms with Gasteiger partial charge in [-0.05, 0) is 30.5 Å². The van der Waals surface area contributed by atoms with Gasteiger partial charge in [0.2, 0.25) is 11.8 Å². The predicted molar refractivity (Wildman–Crippen MR) is 134 cm³/mol. The molecule has 186 valence electrons. The SMILES string of the molecule is Cc1nc(Nc2nc(NCc3ccc(-c4nn[nH]n4)cc3)cc(NCC3CCCO3)n2)sc1C(=O)O. The number of tetrazole rings is 1. The summed E-state index contributed by atoms with van der Waals surface area (Å²) in [5, 5.41) is 33.4. The molecule has 13 nitrogen and oxygen atoms in total. The first kappa shape index (κ1) is 23.6. The lowest BCUT2D eigenvalue weighted by molar-refractivity contribution is 0.0701. The summed E-state index contributed by atoms with van der Waals surface area (Å²) in [6, 6.07) is 9.62.